The fraction of sp³-hybridized carbons (Fsp3) is 1.00. The Morgan fingerprint density at radius 2 is 1.53 bits per heavy atom. The summed E-state index contributed by atoms with van der Waals surface area (Å²) in [5, 5.41) is 7.24. The van der Waals surface area contributed by atoms with Crippen LogP contribution in [0.15, 0.2) is 0 Å². The normalized spacial score (nSPS) is 18.6. The van der Waals surface area contributed by atoms with Gasteiger partial charge in [0.1, 0.15) is 0 Å². The van der Waals surface area contributed by atoms with Gasteiger partial charge in [0.25, 0.3) is 0 Å². The van der Waals surface area contributed by atoms with E-state index in [0.717, 1.165) is 24.9 Å². The molecule has 2 N–H and O–H groups in total. The first-order valence-electron chi connectivity index (χ1n) is 8.45. The average Bonchev–Trinajstić information content (AvgIpc) is 2.75. The van der Waals surface area contributed by atoms with Crippen LogP contribution in [0, 0.1) is 17.3 Å². The summed E-state index contributed by atoms with van der Waals surface area (Å²) in [5.41, 5.74) is 0.625. The Balaban J connectivity index is 2.09. The second-order valence-corrected chi connectivity index (χ2v) is 7.43. The summed E-state index contributed by atoms with van der Waals surface area (Å²) in [6.45, 7) is 14.0. The molecule has 0 bridgehead atoms. The summed E-state index contributed by atoms with van der Waals surface area (Å²) in [6, 6.07) is 0. The van der Waals surface area contributed by atoms with Crippen molar-refractivity contribution in [1.29, 1.82) is 0 Å². The van der Waals surface area contributed by atoms with E-state index in [1.807, 2.05) is 0 Å². The quantitative estimate of drug-likeness (QED) is 0.589. The molecule has 2 heteroatoms. The molecule has 0 spiro atoms. The Kier molecular flexibility index (Phi) is 8.01. The molecule has 1 rings (SSSR count). The summed E-state index contributed by atoms with van der Waals surface area (Å²) in [7, 11) is 0. The Morgan fingerprint density at radius 1 is 0.895 bits per heavy atom. The summed E-state index contributed by atoms with van der Waals surface area (Å²) < 4.78 is 0. The lowest BCUT2D eigenvalue weighted by Crippen LogP contribution is -2.34. The van der Waals surface area contributed by atoms with Crippen LogP contribution >= 0.6 is 0 Å². The van der Waals surface area contributed by atoms with Gasteiger partial charge in [-0.3, -0.25) is 0 Å². The second kappa shape index (κ2) is 8.97. The second-order valence-electron chi connectivity index (χ2n) is 7.43. The molecule has 0 saturated heterocycles. The average molecular weight is 268 g/mol. The van der Waals surface area contributed by atoms with Gasteiger partial charge in [-0.15, -0.1) is 0 Å². The van der Waals surface area contributed by atoms with Crippen molar-refractivity contribution < 1.29 is 0 Å². The topological polar surface area (TPSA) is 24.1 Å². The summed E-state index contributed by atoms with van der Waals surface area (Å²) in [6.07, 6.45) is 8.46. The fourth-order valence-electron chi connectivity index (χ4n) is 3.53. The summed E-state index contributed by atoms with van der Waals surface area (Å²) in [4.78, 5) is 0. The van der Waals surface area contributed by atoms with Crippen molar-refractivity contribution in [1.82, 2.24) is 10.6 Å². The van der Waals surface area contributed by atoms with Gasteiger partial charge in [-0.1, -0.05) is 40.5 Å². The first-order chi connectivity index (χ1) is 9.04. The van der Waals surface area contributed by atoms with Crippen LogP contribution in [-0.4, -0.2) is 26.2 Å². The summed E-state index contributed by atoms with van der Waals surface area (Å²) in [5.74, 6) is 1.60. The van der Waals surface area contributed by atoms with E-state index in [2.05, 4.69) is 38.3 Å². The van der Waals surface area contributed by atoms with Gasteiger partial charge in [-0.25, -0.2) is 0 Å². The predicted octanol–water partition coefficient (Wildman–Crippen LogP) is 3.82. The van der Waals surface area contributed by atoms with E-state index in [4.69, 9.17) is 0 Å². The van der Waals surface area contributed by atoms with Gasteiger partial charge in [0.05, 0.1) is 0 Å². The highest BCUT2D eigenvalue weighted by atomic mass is 14.9. The Hall–Kier alpha value is -0.0800. The zero-order valence-electron chi connectivity index (χ0n) is 13.7. The first-order valence-corrected chi connectivity index (χ1v) is 8.45. The molecule has 1 saturated carbocycles. The Morgan fingerprint density at radius 3 is 2.11 bits per heavy atom. The van der Waals surface area contributed by atoms with E-state index in [0.29, 0.717) is 5.41 Å². The molecule has 0 atom stereocenters. The molecule has 2 nitrogen and oxygen atoms in total. The van der Waals surface area contributed by atoms with Crippen molar-refractivity contribution >= 4 is 0 Å². The molecule has 0 aromatic carbocycles. The largest absolute Gasteiger partial charge is 0.316 e. The smallest absolute Gasteiger partial charge is 0.000791 e. The molecule has 0 radical (unpaired) electrons. The fourth-order valence-corrected chi connectivity index (χ4v) is 3.53. The molecular weight excluding hydrogens is 232 g/mol. The molecule has 19 heavy (non-hydrogen) atoms. The molecule has 1 aliphatic carbocycles. The van der Waals surface area contributed by atoms with Gasteiger partial charge in [-0.2, -0.15) is 0 Å². The van der Waals surface area contributed by atoms with Crippen LogP contribution in [0.25, 0.3) is 0 Å². The lowest BCUT2D eigenvalue weighted by atomic mass is 9.78. The molecule has 1 aliphatic rings. The molecule has 1 fully saturated rings. The van der Waals surface area contributed by atoms with Gasteiger partial charge in [0.2, 0.25) is 0 Å². The number of hydrogen-bond acceptors (Lipinski definition) is 2. The zero-order chi connectivity index (χ0) is 14.1. The van der Waals surface area contributed by atoms with Crippen LogP contribution in [0.4, 0.5) is 0 Å². The highest BCUT2D eigenvalue weighted by Gasteiger charge is 2.33. The predicted molar refractivity (Wildman–Crippen MR) is 85.6 cm³/mol. The number of nitrogens with one attached hydrogen (secondary N) is 2. The van der Waals surface area contributed by atoms with Crippen molar-refractivity contribution in [2.75, 3.05) is 26.2 Å². The molecule has 0 amide bonds. The molecule has 0 aliphatic heterocycles. The van der Waals surface area contributed by atoms with Gasteiger partial charge < -0.3 is 10.6 Å². The van der Waals surface area contributed by atoms with Gasteiger partial charge >= 0.3 is 0 Å². The monoisotopic (exact) mass is 268 g/mol. The molecule has 0 unspecified atom stereocenters. The zero-order valence-corrected chi connectivity index (χ0v) is 13.7. The van der Waals surface area contributed by atoms with E-state index < -0.39 is 0 Å². The first kappa shape index (κ1) is 17.0. The maximum Gasteiger partial charge on any atom is 0.000791 e. The van der Waals surface area contributed by atoms with Gasteiger partial charge in [-0.05, 0) is 62.6 Å². The lowest BCUT2D eigenvalue weighted by molar-refractivity contribution is 0.224. The lowest BCUT2D eigenvalue weighted by Gasteiger charge is -2.31. The van der Waals surface area contributed by atoms with Crippen LogP contribution in [0.3, 0.4) is 0 Å². The van der Waals surface area contributed by atoms with Crippen LogP contribution in [0.2, 0.25) is 0 Å². The maximum atomic E-state index is 3.72. The minimum absolute atomic E-state index is 0.625. The van der Waals surface area contributed by atoms with Crippen molar-refractivity contribution in [2.24, 2.45) is 17.3 Å². The van der Waals surface area contributed by atoms with E-state index in [-0.39, 0.29) is 0 Å². The third-order valence-corrected chi connectivity index (χ3v) is 4.27. The maximum absolute atomic E-state index is 3.72. The van der Waals surface area contributed by atoms with Gasteiger partial charge in [0.15, 0.2) is 0 Å². The highest BCUT2D eigenvalue weighted by Crippen LogP contribution is 2.42. The molecule has 114 valence electrons. The summed E-state index contributed by atoms with van der Waals surface area (Å²) >= 11 is 0. The molecule has 0 aromatic heterocycles. The Labute approximate surface area is 121 Å². The highest BCUT2D eigenvalue weighted by molar-refractivity contribution is 4.87. The Bertz CT molecular complexity index is 217. The molecule has 0 heterocycles. The number of rotatable bonds is 10. The molecule has 0 aromatic rings. The van der Waals surface area contributed by atoms with E-state index in [1.165, 1.54) is 51.6 Å². The van der Waals surface area contributed by atoms with Crippen molar-refractivity contribution in [2.45, 2.75) is 66.2 Å². The van der Waals surface area contributed by atoms with E-state index in [1.54, 1.807) is 0 Å². The third-order valence-electron chi connectivity index (χ3n) is 4.27. The van der Waals surface area contributed by atoms with Crippen molar-refractivity contribution in [3.05, 3.63) is 0 Å². The van der Waals surface area contributed by atoms with Crippen LogP contribution in [-0.2, 0) is 0 Å². The van der Waals surface area contributed by atoms with E-state index in [9.17, 15) is 0 Å². The SMILES string of the molecule is CC(C)CNCCCNCC1(CC(C)C)CCCC1. The standard InChI is InChI=1S/C17H36N2/c1-15(2)12-17(8-5-6-9-17)14-19-11-7-10-18-13-16(3)4/h15-16,18-19H,5-14H2,1-4H3. The van der Waals surface area contributed by atoms with E-state index >= 15 is 0 Å². The van der Waals surface area contributed by atoms with Crippen molar-refractivity contribution in [3.63, 3.8) is 0 Å². The van der Waals surface area contributed by atoms with Crippen LogP contribution in [0.5, 0.6) is 0 Å². The van der Waals surface area contributed by atoms with Crippen molar-refractivity contribution in [3.8, 4) is 0 Å². The minimum atomic E-state index is 0.625. The van der Waals surface area contributed by atoms with Crippen LogP contribution in [0.1, 0.15) is 66.2 Å². The van der Waals surface area contributed by atoms with Crippen LogP contribution < -0.4 is 10.6 Å². The number of hydrogen-bond donors (Lipinski definition) is 2. The minimum Gasteiger partial charge on any atom is -0.316 e. The molecular formula is C17H36N2. The van der Waals surface area contributed by atoms with Gasteiger partial charge in [0, 0.05) is 6.54 Å². The third kappa shape index (κ3) is 7.31.